The third-order valence-electron chi connectivity index (χ3n) is 3.59. The highest BCUT2D eigenvalue weighted by atomic mass is 16.7. The Kier molecular flexibility index (Phi) is 5.48. The van der Waals surface area contributed by atoms with Crippen LogP contribution in [0.4, 0.5) is 0 Å². The summed E-state index contributed by atoms with van der Waals surface area (Å²) in [7, 11) is 0. The van der Waals surface area contributed by atoms with Crippen LogP contribution in [0.2, 0.25) is 0 Å². The molecule has 7 N–H and O–H groups in total. The van der Waals surface area contributed by atoms with E-state index in [1.807, 2.05) is 0 Å². The van der Waals surface area contributed by atoms with Crippen molar-refractivity contribution in [1.82, 2.24) is 0 Å². The van der Waals surface area contributed by atoms with Crippen LogP contribution in [0.25, 0.3) is 0 Å². The van der Waals surface area contributed by atoms with E-state index < -0.39 is 61.9 Å². The normalized spacial score (nSPS) is 51.9. The van der Waals surface area contributed by atoms with Crippen LogP contribution in [-0.4, -0.2) is 104 Å². The molecular formula is C11H20O10. The van der Waals surface area contributed by atoms with Crippen LogP contribution in [0, 0.1) is 0 Å². The van der Waals surface area contributed by atoms with E-state index in [0.717, 1.165) is 0 Å². The van der Waals surface area contributed by atoms with Gasteiger partial charge in [0.15, 0.2) is 12.6 Å². The second kappa shape index (κ2) is 6.79. The summed E-state index contributed by atoms with van der Waals surface area (Å²) in [6.45, 7) is -0.938. The first-order valence-electron chi connectivity index (χ1n) is 6.48. The predicted molar refractivity (Wildman–Crippen MR) is 62.6 cm³/mol. The second-order valence-electron chi connectivity index (χ2n) is 5.08. The first-order valence-corrected chi connectivity index (χ1v) is 6.48. The van der Waals surface area contributed by atoms with E-state index in [2.05, 4.69) is 4.74 Å². The highest BCUT2D eigenvalue weighted by Gasteiger charge is 2.48. The summed E-state index contributed by atoms with van der Waals surface area (Å²) in [4.78, 5) is 0. The maximum atomic E-state index is 9.79. The Hall–Kier alpha value is -0.400. The van der Waals surface area contributed by atoms with Gasteiger partial charge in [0.1, 0.15) is 42.7 Å². The lowest BCUT2D eigenvalue weighted by molar-refractivity contribution is -0.345. The molecule has 0 saturated carbocycles. The number of rotatable bonds is 3. The van der Waals surface area contributed by atoms with Gasteiger partial charge in [-0.3, -0.25) is 0 Å². The topological polar surface area (TPSA) is 169 Å². The molecule has 2 heterocycles. The molecule has 2 rings (SSSR count). The average Bonchev–Trinajstić information content (AvgIpc) is 2.47. The minimum atomic E-state index is -1.66. The van der Waals surface area contributed by atoms with Gasteiger partial charge >= 0.3 is 0 Å². The van der Waals surface area contributed by atoms with Gasteiger partial charge in [0, 0.05) is 0 Å². The lowest BCUT2D eigenvalue weighted by Gasteiger charge is -2.43. The summed E-state index contributed by atoms with van der Waals surface area (Å²) in [5.74, 6) is 0. The third kappa shape index (κ3) is 3.35. The van der Waals surface area contributed by atoms with Crippen molar-refractivity contribution in [2.24, 2.45) is 0 Å². The Labute approximate surface area is 119 Å². The number of ether oxygens (including phenoxy) is 3. The van der Waals surface area contributed by atoms with Crippen molar-refractivity contribution >= 4 is 0 Å². The van der Waals surface area contributed by atoms with Crippen LogP contribution in [-0.2, 0) is 14.2 Å². The van der Waals surface area contributed by atoms with E-state index >= 15 is 0 Å². The third-order valence-corrected chi connectivity index (χ3v) is 3.59. The molecule has 10 nitrogen and oxygen atoms in total. The standard InChI is InChI=1S/C11H20O10/c12-1-4-5(14)6(15)7(16)11(20-4)21-9-3(13)2-19-10(18)8(9)17/h3-18H,1-2H2/t3-,4+,5-,6-,7+,8+,9-,10+,11-/m0/s1. The molecule has 10 heteroatoms. The summed E-state index contributed by atoms with van der Waals surface area (Å²) in [6.07, 6.45) is -13.3. The molecule has 0 aromatic rings. The minimum absolute atomic E-state index is 0.305. The van der Waals surface area contributed by atoms with Gasteiger partial charge in [-0.1, -0.05) is 0 Å². The fraction of sp³-hybridized carbons (Fsp3) is 1.00. The summed E-state index contributed by atoms with van der Waals surface area (Å²) in [5, 5.41) is 66.8. The number of aliphatic hydroxyl groups is 7. The first-order chi connectivity index (χ1) is 9.86. The van der Waals surface area contributed by atoms with Crippen molar-refractivity contribution in [3.05, 3.63) is 0 Å². The SMILES string of the molecule is OC[C@H]1O[C@@H](O[C@@H]2[C@@H](O)[C@H](O)OC[C@@H]2O)[C@H](O)[C@@H](O)[C@H]1O. The molecule has 2 aliphatic rings. The number of aliphatic hydroxyl groups excluding tert-OH is 7. The highest BCUT2D eigenvalue weighted by molar-refractivity contribution is 4.91. The zero-order chi connectivity index (χ0) is 15.7. The van der Waals surface area contributed by atoms with Crippen LogP contribution >= 0.6 is 0 Å². The minimum Gasteiger partial charge on any atom is -0.394 e. The zero-order valence-electron chi connectivity index (χ0n) is 11.0. The molecule has 0 amide bonds. The maximum absolute atomic E-state index is 9.79. The van der Waals surface area contributed by atoms with Gasteiger partial charge < -0.3 is 50.0 Å². The van der Waals surface area contributed by atoms with Crippen molar-refractivity contribution < 1.29 is 50.0 Å². The molecule has 124 valence electrons. The summed E-state index contributed by atoms with van der Waals surface area (Å²) in [5.41, 5.74) is 0. The quantitative estimate of drug-likeness (QED) is 0.268. The first kappa shape index (κ1) is 17.0. The molecule has 0 unspecified atom stereocenters. The van der Waals surface area contributed by atoms with Crippen molar-refractivity contribution in [2.45, 2.75) is 55.3 Å². The fourth-order valence-electron chi connectivity index (χ4n) is 2.29. The number of hydrogen-bond acceptors (Lipinski definition) is 10. The van der Waals surface area contributed by atoms with Gasteiger partial charge in [0.05, 0.1) is 13.2 Å². The Bertz CT molecular complexity index is 339. The molecule has 2 aliphatic heterocycles. The molecule has 0 aliphatic carbocycles. The van der Waals surface area contributed by atoms with Gasteiger partial charge in [0.2, 0.25) is 0 Å². The summed E-state index contributed by atoms with van der Waals surface area (Å²) in [6, 6.07) is 0. The van der Waals surface area contributed by atoms with E-state index in [0.29, 0.717) is 0 Å². The fourth-order valence-corrected chi connectivity index (χ4v) is 2.29. The Morgan fingerprint density at radius 3 is 2.19 bits per heavy atom. The van der Waals surface area contributed by atoms with Crippen LogP contribution in [0.5, 0.6) is 0 Å². The van der Waals surface area contributed by atoms with Gasteiger partial charge in [-0.05, 0) is 0 Å². The van der Waals surface area contributed by atoms with Crippen LogP contribution < -0.4 is 0 Å². The zero-order valence-corrected chi connectivity index (χ0v) is 11.0. The van der Waals surface area contributed by atoms with Crippen molar-refractivity contribution in [3.63, 3.8) is 0 Å². The van der Waals surface area contributed by atoms with E-state index in [-0.39, 0.29) is 6.61 Å². The lowest BCUT2D eigenvalue weighted by atomic mass is 9.98. The van der Waals surface area contributed by atoms with E-state index in [4.69, 9.17) is 14.6 Å². The van der Waals surface area contributed by atoms with Gasteiger partial charge in [-0.15, -0.1) is 0 Å². The van der Waals surface area contributed by atoms with Crippen LogP contribution in [0.15, 0.2) is 0 Å². The Morgan fingerprint density at radius 2 is 1.57 bits per heavy atom. The molecule has 0 bridgehead atoms. The van der Waals surface area contributed by atoms with Crippen molar-refractivity contribution in [1.29, 1.82) is 0 Å². The highest BCUT2D eigenvalue weighted by Crippen LogP contribution is 2.26. The molecule has 0 radical (unpaired) electrons. The predicted octanol–water partition coefficient (Wildman–Crippen LogP) is -4.76. The Balaban J connectivity index is 2.06. The summed E-state index contributed by atoms with van der Waals surface area (Å²) >= 11 is 0. The number of hydrogen-bond donors (Lipinski definition) is 7. The van der Waals surface area contributed by atoms with E-state index in [9.17, 15) is 30.6 Å². The largest absolute Gasteiger partial charge is 0.394 e. The molecule has 21 heavy (non-hydrogen) atoms. The molecule has 2 saturated heterocycles. The van der Waals surface area contributed by atoms with Gasteiger partial charge in [-0.2, -0.15) is 0 Å². The molecule has 0 spiro atoms. The molecule has 9 atom stereocenters. The smallest absolute Gasteiger partial charge is 0.187 e. The molecular weight excluding hydrogens is 292 g/mol. The van der Waals surface area contributed by atoms with Gasteiger partial charge in [-0.25, -0.2) is 0 Å². The monoisotopic (exact) mass is 312 g/mol. The van der Waals surface area contributed by atoms with Crippen molar-refractivity contribution in [3.8, 4) is 0 Å². The molecule has 2 fully saturated rings. The second-order valence-corrected chi connectivity index (χ2v) is 5.08. The average molecular weight is 312 g/mol. The maximum Gasteiger partial charge on any atom is 0.187 e. The summed E-state index contributed by atoms with van der Waals surface area (Å²) < 4.78 is 15.0. The lowest BCUT2D eigenvalue weighted by Crippen LogP contribution is -2.62. The van der Waals surface area contributed by atoms with Crippen LogP contribution in [0.1, 0.15) is 0 Å². The van der Waals surface area contributed by atoms with Crippen LogP contribution in [0.3, 0.4) is 0 Å². The Morgan fingerprint density at radius 1 is 0.905 bits per heavy atom. The molecule has 0 aromatic heterocycles. The van der Waals surface area contributed by atoms with E-state index in [1.165, 1.54) is 0 Å². The van der Waals surface area contributed by atoms with E-state index in [1.54, 1.807) is 0 Å². The van der Waals surface area contributed by atoms with Crippen molar-refractivity contribution in [2.75, 3.05) is 13.2 Å². The molecule has 0 aromatic carbocycles. The van der Waals surface area contributed by atoms with Gasteiger partial charge in [0.25, 0.3) is 0 Å².